The van der Waals surface area contributed by atoms with Gasteiger partial charge in [-0.25, -0.2) is 0 Å². The lowest BCUT2D eigenvalue weighted by Gasteiger charge is -2.33. The van der Waals surface area contributed by atoms with E-state index >= 15 is 0 Å². The van der Waals surface area contributed by atoms with Crippen LogP contribution in [0.25, 0.3) is 0 Å². The van der Waals surface area contributed by atoms with Crippen LogP contribution in [0.4, 0.5) is 0 Å². The number of hydrogen-bond donors (Lipinski definition) is 1. The van der Waals surface area contributed by atoms with Crippen LogP contribution in [0.15, 0.2) is 23.0 Å². The van der Waals surface area contributed by atoms with Crippen molar-refractivity contribution in [2.45, 2.75) is 18.6 Å². The predicted molar refractivity (Wildman–Crippen MR) is 57.6 cm³/mol. The van der Waals surface area contributed by atoms with Gasteiger partial charge in [0.25, 0.3) is 0 Å². The fourth-order valence-electron chi connectivity index (χ4n) is 1.88. The monoisotopic (exact) mass is 210 g/mol. The molecule has 2 unspecified atom stereocenters. The molecule has 1 saturated heterocycles. The van der Waals surface area contributed by atoms with Crippen molar-refractivity contribution in [2.24, 2.45) is 5.73 Å². The van der Waals surface area contributed by atoms with Crippen LogP contribution in [-0.4, -0.2) is 43.8 Å². The Labute approximate surface area is 90.0 Å². The lowest BCUT2D eigenvalue weighted by Crippen LogP contribution is -2.50. The van der Waals surface area contributed by atoms with Crippen LogP contribution < -0.4 is 5.73 Å². The molecular weight excluding hydrogens is 192 g/mol. The van der Waals surface area contributed by atoms with E-state index in [0.717, 1.165) is 31.7 Å². The Balaban J connectivity index is 1.87. The van der Waals surface area contributed by atoms with E-state index in [1.54, 1.807) is 12.5 Å². The van der Waals surface area contributed by atoms with Gasteiger partial charge in [0.15, 0.2) is 0 Å². The molecule has 0 spiro atoms. The third kappa shape index (κ3) is 2.81. The number of nitrogens with zero attached hydrogens (tertiary/aromatic N) is 1. The average Bonchev–Trinajstić information content (AvgIpc) is 2.70. The summed E-state index contributed by atoms with van der Waals surface area (Å²) in [5.41, 5.74) is 7.25. The fourth-order valence-corrected chi connectivity index (χ4v) is 1.88. The lowest BCUT2D eigenvalue weighted by atomic mass is 10.0. The quantitative estimate of drug-likeness (QED) is 0.788. The molecule has 1 fully saturated rings. The highest BCUT2D eigenvalue weighted by molar-refractivity contribution is 5.08. The molecule has 0 bridgehead atoms. The van der Waals surface area contributed by atoms with Gasteiger partial charge in [-0.3, -0.25) is 0 Å². The Morgan fingerprint density at radius 2 is 2.53 bits per heavy atom. The number of hydrogen-bond acceptors (Lipinski definition) is 4. The number of furan rings is 1. The van der Waals surface area contributed by atoms with Crippen LogP contribution in [0.1, 0.15) is 5.56 Å². The minimum atomic E-state index is 0.0466. The van der Waals surface area contributed by atoms with Crippen molar-refractivity contribution in [3.63, 3.8) is 0 Å². The molecule has 2 rings (SSSR count). The van der Waals surface area contributed by atoms with Gasteiger partial charge >= 0.3 is 0 Å². The van der Waals surface area contributed by atoms with Crippen LogP contribution in [-0.2, 0) is 11.2 Å². The molecule has 15 heavy (non-hydrogen) atoms. The Morgan fingerprint density at radius 3 is 3.20 bits per heavy atom. The summed E-state index contributed by atoms with van der Waals surface area (Å²) in [6, 6.07) is 2.00. The largest absolute Gasteiger partial charge is 0.472 e. The van der Waals surface area contributed by atoms with E-state index in [0.29, 0.717) is 0 Å². The standard InChI is InChI=1S/C11H18N2O2/c1-13-3-5-15-11(7-13)10(12)6-9-2-4-14-8-9/h2,4,8,10-11H,3,5-7,12H2,1H3. The van der Waals surface area contributed by atoms with Gasteiger partial charge in [0.05, 0.1) is 25.2 Å². The molecule has 1 aromatic rings. The molecule has 0 amide bonds. The van der Waals surface area contributed by atoms with Crippen molar-refractivity contribution in [1.82, 2.24) is 4.90 Å². The molecule has 4 nitrogen and oxygen atoms in total. The second kappa shape index (κ2) is 4.79. The molecule has 0 saturated carbocycles. The maximum atomic E-state index is 6.11. The van der Waals surface area contributed by atoms with Crippen molar-refractivity contribution in [3.05, 3.63) is 24.2 Å². The molecule has 2 N–H and O–H groups in total. The first-order chi connectivity index (χ1) is 7.25. The number of rotatable bonds is 3. The minimum Gasteiger partial charge on any atom is -0.472 e. The molecular formula is C11H18N2O2. The highest BCUT2D eigenvalue weighted by atomic mass is 16.5. The zero-order valence-corrected chi connectivity index (χ0v) is 9.06. The molecule has 0 aliphatic carbocycles. The summed E-state index contributed by atoms with van der Waals surface area (Å²) >= 11 is 0. The summed E-state index contributed by atoms with van der Waals surface area (Å²) in [6.45, 7) is 2.69. The highest BCUT2D eigenvalue weighted by Crippen LogP contribution is 2.11. The highest BCUT2D eigenvalue weighted by Gasteiger charge is 2.24. The molecule has 84 valence electrons. The average molecular weight is 210 g/mol. The Morgan fingerprint density at radius 1 is 1.67 bits per heavy atom. The second-order valence-electron chi connectivity index (χ2n) is 4.17. The minimum absolute atomic E-state index is 0.0466. The van der Waals surface area contributed by atoms with Crippen LogP contribution in [0.2, 0.25) is 0 Å². The maximum Gasteiger partial charge on any atom is 0.0935 e. The number of likely N-dealkylation sites (N-methyl/N-ethyl adjacent to an activating group) is 1. The first-order valence-corrected chi connectivity index (χ1v) is 5.32. The maximum absolute atomic E-state index is 6.11. The number of morpholine rings is 1. The third-order valence-corrected chi connectivity index (χ3v) is 2.83. The molecule has 1 aliphatic rings. The van der Waals surface area contributed by atoms with Gasteiger partial charge in [-0.1, -0.05) is 0 Å². The smallest absolute Gasteiger partial charge is 0.0935 e. The van der Waals surface area contributed by atoms with Gasteiger partial charge in [0.2, 0.25) is 0 Å². The topological polar surface area (TPSA) is 51.6 Å². The summed E-state index contributed by atoms with van der Waals surface area (Å²) in [5.74, 6) is 0. The third-order valence-electron chi connectivity index (χ3n) is 2.83. The molecule has 0 radical (unpaired) electrons. The second-order valence-corrected chi connectivity index (χ2v) is 4.17. The van der Waals surface area contributed by atoms with Crippen molar-refractivity contribution >= 4 is 0 Å². The summed E-state index contributed by atoms with van der Waals surface area (Å²) in [6.07, 6.45) is 4.37. The molecule has 4 heteroatoms. The molecule has 2 atom stereocenters. The van der Waals surface area contributed by atoms with Crippen molar-refractivity contribution in [2.75, 3.05) is 26.7 Å². The predicted octanol–water partition coefficient (Wildman–Crippen LogP) is 0.480. The first kappa shape index (κ1) is 10.7. The summed E-state index contributed by atoms with van der Waals surface area (Å²) < 4.78 is 10.7. The number of ether oxygens (including phenoxy) is 1. The summed E-state index contributed by atoms with van der Waals surface area (Å²) in [5, 5.41) is 0. The van der Waals surface area contributed by atoms with Gasteiger partial charge < -0.3 is 19.8 Å². The van der Waals surface area contributed by atoms with E-state index < -0.39 is 0 Å². The lowest BCUT2D eigenvalue weighted by molar-refractivity contribution is -0.0319. The molecule has 2 heterocycles. The zero-order chi connectivity index (χ0) is 10.7. The summed E-state index contributed by atoms with van der Waals surface area (Å²) in [4.78, 5) is 2.25. The Kier molecular flexibility index (Phi) is 3.41. The van der Waals surface area contributed by atoms with Gasteiger partial charge in [-0.15, -0.1) is 0 Å². The molecule has 1 aromatic heterocycles. The van der Waals surface area contributed by atoms with Gasteiger partial charge in [-0.2, -0.15) is 0 Å². The van der Waals surface area contributed by atoms with Crippen molar-refractivity contribution in [1.29, 1.82) is 0 Å². The SMILES string of the molecule is CN1CCOC(C(N)Cc2ccoc2)C1. The van der Waals surface area contributed by atoms with Crippen LogP contribution in [0, 0.1) is 0 Å². The first-order valence-electron chi connectivity index (χ1n) is 5.32. The van der Waals surface area contributed by atoms with E-state index in [1.807, 2.05) is 6.07 Å². The normalized spacial score (nSPS) is 25.3. The molecule has 1 aliphatic heterocycles. The van der Waals surface area contributed by atoms with Crippen LogP contribution >= 0.6 is 0 Å². The van der Waals surface area contributed by atoms with Gasteiger partial charge in [-0.05, 0) is 25.1 Å². The summed E-state index contributed by atoms with van der Waals surface area (Å²) in [7, 11) is 2.10. The van der Waals surface area contributed by atoms with Crippen LogP contribution in [0.3, 0.4) is 0 Å². The van der Waals surface area contributed by atoms with E-state index in [9.17, 15) is 0 Å². The zero-order valence-electron chi connectivity index (χ0n) is 9.06. The van der Waals surface area contributed by atoms with E-state index in [1.165, 1.54) is 0 Å². The van der Waals surface area contributed by atoms with E-state index in [4.69, 9.17) is 14.9 Å². The fraction of sp³-hybridized carbons (Fsp3) is 0.636. The van der Waals surface area contributed by atoms with Crippen molar-refractivity contribution < 1.29 is 9.15 Å². The van der Waals surface area contributed by atoms with E-state index in [2.05, 4.69) is 11.9 Å². The van der Waals surface area contributed by atoms with Gasteiger partial charge in [0, 0.05) is 19.1 Å². The number of nitrogens with two attached hydrogens (primary N) is 1. The molecule has 0 aromatic carbocycles. The van der Waals surface area contributed by atoms with Gasteiger partial charge in [0.1, 0.15) is 0 Å². The van der Waals surface area contributed by atoms with E-state index in [-0.39, 0.29) is 12.1 Å². The Bertz CT molecular complexity index is 287. The Hall–Kier alpha value is -0.840. The van der Waals surface area contributed by atoms with Crippen LogP contribution in [0.5, 0.6) is 0 Å². The van der Waals surface area contributed by atoms with Crippen molar-refractivity contribution in [3.8, 4) is 0 Å².